The third-order valence-electron chi connectivity index (χ3n) is 6.49. The first-order valence-corrected chi connectivity index (χ1v) is 12.9. The summed E-state index contributed by atoms with van der Waals surface area (Å²) in [5.74, 6) is -0.230. The van der Waals surface area contributed by atoms with Gasteiger partial charge < -0.3 is 18.9 Å². The van der Waals surface area contributed by atoms with Crippen LogP contribution in [0, 0.1) is 0 Å². The van der Waals surface area contributed by atoms with Gasteiger partial charge in [0.05, 0.1) is 12.7 Å². The smallest absolute Gasteiger partial charge is 0.410 e. The summed E-state index contributed by atoms with van der Waals surface area (Å²) in [6, 6.07) is 28.1. The van der Waals surface area contributed by atoms with Gasteiger partial charge in [-0.3, -0.25) is 4.79 Å². The summed E-state index contributed by atoms with van der Waals surface area (Å²) in [5, 5.41) is 2.25. The molecule has 0 fully saturated rings. The van der Waals surface area contributed by atoms with E-state index in [4.69, 9.17) is 9.47 Å². The topological polar surface area (TPSA) is 60.8 Å². The molecular weight excluding hydrogens is 476 g/mol. The van der Waals surface area contributed by atoms with Crippen LogP contribution in [0.1, 0.15) is 49.5 Å². The third-order valence-corrected chi connectivity index (χ3v) is 6.49. The number of benzene rings is 3. The number of likely N-dealkylation sites (N-methyl/N-ethyl adjacent to an activating group) is 1. The Morgan fingerprint density at radius 2 is 1.58 bits per heavy atom. The van der Waals surface area contributed by atoms with E-state index in [9.17, 15) is 9.59 Å². The molecule has 6 heteroatoms. The van der Waals surface area contributed by atoms with Gasteiger partial charge in [0.25, 0.3) is 5.56 Å². The lowest BCUT2D eigenvalue weighted by Gasteiger charge is -2.33. The lowest BCUT2D eigenvalue weighted by Crippen LogP contribution is -2.38. The zero-order valence-corrected chi connectivity index (χ0v) is 22.8. The number of nitrogens with zero attached hydrogens (tertiary/aromatic N) is 2. The van der Waals surface area contributed by atoms with Gasteiger partial charge in [-0.25, -0.2) is 4.79 Å². The molecule has 198 valence electrons. The van der Waals surface area contributed by atoms with Crippen molar-refractivity contribution in [2.45, 2.75) is 45.0 Å². The number of hydrogen-bond acceptors (Lipinski definition) is 4. The van der Waals surface area contributed by atoms with Gasteiger partial charge in [-0.05, 0) is 54.8 Å². The highest BCUT2D eigenvalue weighted by atomic mass is 16.6. The number of fused-ring (bicyclic) bond motifs is 1. The van der Waals surface area contributed by atoms with E-state index in [1.807, 2.05) is 69.3 Å². The van der Waals surface area contributed by atoms with Crippen molar-refractivity contribution in [1.29, 1.82) is 0 Å². The molecule has 0 bridgehead atoms. The summed E-state index contributed by atoms with van der Waals surface area (Å²) in [7, 11) is 3.48. The zero-order chi connectivity index (χ0) is 27.3. The molecule has 0 aliphatic carbocycles. The number of hydrogen-bond donors (Lipinski definition) is 0. The van der Waals surface area contributed by atoms with Gasteiger partial charge in [0, 0.05) is 38.3 Å². The molecule has 0 radical (unpaired) electrons. The van der Waals surface area contributed by atoms with Gasteiger partial charge >= 0.3 is 6.09 Å². The van der Waals surface area contributed by atoms with Crippen molar-refractivity contribution in [1.82, 2.24) is 9.47 Å². The molecule has 4 aromatic rings. The number of rotatable bonds is 8. The van der Waals surface area contributed by atoms with Crippen molar-refractivity contribution in [3.05, 3.63) is 118 Å². The Morgan fingerprint density at radius 3 is 2.29 bits per heavy atom. The summed E-state index contributed by atoms with van der Waals surface area (Å²) in [6.45, 7) is 6.08. The maximum atomic E-state index is 13.0. The van der Waals surface area contributed by atoms with Crippen molar-refractivity contribution >= 4 is 16.9 Å². The van der Waals surface area contributed by atoms with Crippen LogP contribution >= 0.6 is 0 Å². The Labute approximate surface area is 224 Å². The van der Waals surface area contributed by atoms with E-state index in [2.05, 4.69) is 30.3 Å². The van der Waals surface area contributed by atoms with Crippen LogP contribution in [0.25, 0.3) is 10.8 Å². The highest BCUT2D eigenvalue weighted by Gasteiger charge is 2.30. The Bertz CT molecular complexity index is 1440. The van der Waals surface area contributed by atoms with Crippen LogP contribution in [0.5, 0.6) is 0 Å². The number of ether oxygens (including phenoxy) is 2. The first-order valence-electron chi connectivity index (χ1n) is 12.9. The van der Waals surface area contributed by atoms with Crippen LogP contribution in [0.4, 0.5) is 4.79 Å². The van der Waals surface area contributed by atoms with E-state index in [0.29, 0.717) is 12.1 Å². The van der Waals surface area contributed by atoms with Gasteiger partial charge in [-0.1, -0.05) is 72.8 Å². The van der Waals surface area contributed by atoms with Crippen molar-refractivity contribution in [3.63, 3.8) is 0 Å². The van der Waals surface area contributed by atoms with Crippen LogP contribution < -0.4 is 5.56 Å². The van der Waals surface area contributed by atoms with Crippen LogP contribution in [0.3, 0.4) is 0 Å². The van der Waals surface area contributed by atoms with Crippen LogP contribution in [-0.4, -0.2) is 34.8 Å². The van der Waals surface area contributed by atoms with Crippen LogP contribution in [-0.2, 0) is 23.1 Å². The summed E-state index contributed by atoms with van der Waals surface area (Å²) in [5.41, 5.74) is 1.89. The molecule has 2 atom stereocenters. The van der Waals surface area contributed by atoms with Gasteiger partial charge in [-0.15, -0.1) is 0 Å². The van der Waals surface area contributed by atoms with Gasteiger partial charge in [0.15, 0.2) is 0 Å². The van der Waals surface area contributed by atoms with E-state index in [1.165, 1.54) is 0 Å². The molecule has 0 saturated carbocycles. The van der Waals surface area contributed by atoms with Gasteiger partial charge in [-0.2, -0.15) is 0 Å². The fraction of sp³-hybridized carbons (Fsp3) is 0.312. The summed E-state index contributed by atoms with van der Waals surface area (Å²) in [6.07, 6.45) is 0.910. The minimum absolute atomic E-state index is 0.0903. The first kappa shape index (κ1) is 27.1. The molecule has 4 rings (SSSR count). The number of aromatic nitrogens is 1. The number of amides is 1. The van der Waals surface area contributed by atoms with E-state index in [1.54, 1.807) is 35.8 Å². The highest BCUT2D eigenvalue weighted by molar-refractivity contribution is 5.83. The summed E-state index contributed by atoms with van der Waals surface area (Å²) < 4.78 is 13.8. The molecular formula is C32H36N2O4. The highest BCUT2D eigenvalue weighted by Crippen LogP contribution is 2.37. The predicted octanol–water partition coefficient (Wildman–Crippen LogP) is 6.45. The zero-order valence-electron chi connectivity index (χ0n) is 22.8. The molecule has 38 heavy (non-hydrogen) atoms. The van der Waals surface area contributed by atoms with Crippen molar-refractivity contribution in [3.8, 4) is 0 Å². The fourth-order valence-electron chi connectivity index (χ4n) is 4.55. The summed E-state index contributed by atoms with van der Waals surface area (Å²) in [4.78, 5) is 27.3. The molecule has 1 aromatic heterocycles. The maximum Gasteiger partial charge on any atom is 0.410 e. The Hall–Kier alpha value is -3.90. The average molecular weight is 513 g/mol. The van der Waals surface area contributed by atoms with E-state index in [0.717, 1.165) is 21.9 Å². The number of pyridine rings is 1. The quantitative estimate of drug-likeness (QED) is 0.272. The van der Waals surface area contributed by atoms with Crippen LogP contribution in [0.15, 0.2) is 95.9 Å². The normalized spacial score (nSPS) is 13.2. The molecule has 0 aliphatic rings. The Kier molecular flexibility index (Phi) is 8.32. The molecule has 0 aliphatic heterocycles. The molecule has 0 spiro atoms. The van der Waals surface area contributed by atoms with E-state index >= 15 is 0 Å². The SMILES string of the molecule is CN(C[C@@H](c1ccc2ccccc2c1)[C@H](OCc1cccn(C)c1=O)c1ccccc1)C(=O)OC(C)(C)C. The molecule has 6 nitrogen and oxygen atoms in total. The molecule has 1 heterocycles. The predicted molar refractivity (Wildman–Crippen MR) is 151 cm³/mol. The second kappa shape index (κ2) is 11.7. The monoisotopic (exact) mass is 512 g/mol. The van der Waals surface area contributed by atoms with E-state index in [-0.39, 0.29) is 18.1 Å². The van der Waals surface area contributed by atoms with Gasteiger partial charge in [0.1, 0.15) is 5.60 Å². The number of carbonyl (C=O) groups excluding carboxylic acids is 1. The van der Waals surface area contributed by atoms with Gasteiger partial charge in [0.2, 0.25) is 0 Å². The molecule has 1 amide bonds. The second-order valence-electron chi connectivity index (χ2n) is 10.7. The molecule has 3 aromatic carbocycles. The third kappa shape index (κ3) is 6.69. The van der Waals surface area contributed by atoms with Crippen LogP contribution in [0.2, 0.25) is 0 Å². The second-order valence-corrected chi connectivity index (χ2v) is 10.7. The average Bonchev–Trinajstić information content (AvgIpc) is 2.89. The van der Waals surface area contributed by atoms with Crippen molar-refractivity contribution in [2.75, 3.05) is 13.6 Å². The number of carbonyl (C=O) groups is 1. The minimum Gasteiger partial charge on any atom is -0.444 e. The summed E-state index contributed by atoms with van der Waals surface area (Å²) >= 11 is 0. The molecule has 0 saturated heterocycles. The maximum absolute atomic E-state index is 13.0. The Morgan fingerprint density at radius 1 is 0.895 bits per heavy atom. The lowest BCUT2D eigenvalue weighted by atomic mass is 9.87. The molecule has 0 N–H and O–H groups in total. The first-order chi connectivity index (χ1) is 18.1. The standard InChI is InChI=1S/C32H36N2O4/c1-32(2,3)38-31(36)34(5)21-28(26-18-17-23-12-9-10-15-25(23)20-26)29(24-13-7-6-8-14-24)37-22-27-16-11-19-33(4)30(27)35/h6-20,28-29H,21-22H2,1-5H3/t28-,29+/m0/s1. The number of aryl methyl sites for hydroxylation is 1. The minimum atomic E-state index is -0.605. The lowest BCUT2D eigenvalue weighted by molar-refractivity contribution is 0.00279. The molecule has 0 unspecified atom stereocenters. The van der Waals surface area contributed by atoms with Crippen molar-refractivity contribution in [2.24, 2.45) is 7.05 Å². The Balaban J connectivity index is 1.75. The largest absolute Gasteiger partial charge is 0.444 e. The fourth-order valence-corrected chi connectivity index (χ4v) is 4.55. The van der Waals surface area contributed by atoms with Crippen molar-refractivity contribution < 1.29 is 14.3 Å². The van der Waals surface area contributed by atoms with E-state index < -0.39 is 17.8 Å².